The SMILES string of the molecule is CC(C)=C1CN[C@H](C(=O)O)C1CC(=O)O. The van der Waals surface area contributed by atoms with Crippen LogP contribution >= 0.6 is 0 Å². The highest BCUT2D eigenvalue weighted by Gasteiger charge is 2.37. The van der Waals surface area contributed by atoms with Gasteiger partial charge >= 0.3 is 11.9 Å². The number of hydrogen-bond acceptors (Lipinski definition) is 3. The molecule has 0 amide bonds. The summed E-state index contributed by atoms with van der Waals surface area (Å²) in [6.07, 6.45) is -0.134. The van der Waals surface area contributed by atoms with Crippen LogP contribution in [0.25, 0.3) is 0 Å². The van der Waals surface area contributed by atoms with Crippen molar-refractivity contribution in [2.24, 2.45) is 5.92 Å². The fourth-order valence-corrected chi connectivity index (χ4v) is 1.93. The van der Waals surface area contributed by atoms with E-state index in [9.17, 15) is 9.59 Å². The molecule has 0 aromatic rings. The number of allylic oxidation sites excluding steroid dienone is 1. The monoisotopic (exact) mass is 213 g/mol. The Bertz CT molecular complexity index is 317. The third-order valence-electron chi connectivity index (χ3n) is 2.67. The lowest BCUT2D eigenvalue weighted by atomic mass is 9.90. The Morgan fingerprint density at radius 1 is 1.40 bits per heavy atom. The minimum absolute atomic E-state index is 0.134. The fourth-order valence-electron chi connectivity index (χ4n) is 1.93. The van der Waals surface area contributed by atoms with Gasteiger partial charge in [-0.25, -0.2) is 0 Å². The van der Waals surface area contributed by atoms with Gasteiger partial charge in [0.25, 0.3) is 0 Å². The number of rotatable bonds is 3. The van der Waals surface area contributed by atoms with Gasteiger partial charge in [-0.2, -0.15) is 0 Å². The molecule has 0 aliphatic carbocycles. The van der Waals surface area contributed by atoms with Crippen molar-refractivity contribution in [3.63, 3.8) is 0 Å². The zero-order valence-corrected chi connectivity index (χ0v) is 8.78. The Kier molecular flexibility index (Phi) is 3.47. The van der Waals surface area contributed by atoms with Crippen molar-refractivity contribution >= 4 is 11.9 Å². The van der Waals surface area contributed by atoms with Crippen LogP contribution in [0.15, 0.2) is 11.1 Å². The van der Waals surface area contributed by atoms with E-state index in [0.717, 1.165) is 11.1 Å². The maximum atomic E-state index is 10.9. The number of nitrogens with one attached hydrogen (secondary N) is 1. The summed E-state index contributed by atoms with van der Waals surface area (Å²) in [5.41, 5.74) is 1.90. The van der Waals surface area contributed by atoms with Crippen molar-refractivity contribution in [2.45, 2.75) is 26.3 Å². The summed E-state index contributed by atoms with van der Waals surface area (Å²) in [6, 6.07) is -0.772. The molecule has 0 radical (unpaired) electrons. The van der Waals surface area contributed by atoms with Gasteiger partial charge in [-0.15, -0.1) is 0 Å². The third-order valence-corrected chi connectivity index (χ3v) is 2.67. The fraction of sp³-hybridized carbons (Fsp3) is 0.600. The van der Waals surface area contributed by atoms with E-state index in [1.54, 1.807) is 0 Å². The van der Waals surface area contributed by atoms with Crippen LogP contribution in [-0.4, -0.2) is 34.7 Å². The number of carbonyl (C=O) groups is 2. The zero-order chi connectivity index (χ0) is 11.6. The average Bonchev–Trinajstić information content (AvgIpc) is 2.46. The second-order valence-corrected chi connectivity index (χ2v) is 3.93. The molecular weight excluding hydrogens is 198 g/mol. The second kappa shape index (κ2) is 4.44. The highest BCUT2D eigenvalue weighted by Crippen LogP contribution is 2.27. The van der Waals surface area contributed by atoms with Gasteiger partial charge in [0.15, 0.2) is 0 Å². The van der Waals surface area contributed by atoms with E-state index >= 15 is 0 Å². The van der Waals surface area contributed by atoms with E-state index in [1.165, 1.54) is 0 Å². The molecule has 15 heavy (non-hydrogen) atoms. The van der Waals surface area contributed by atoms with E-state index in [4.69, 9.17) is 10.2 Å². The molecule has 0 bridgehead atoms. The molecule has 1 aliphatic heterocycles. The highest BCUT2D eigenvalue weighted by atomic mass is 16.4. The summed E-state index contributed by atoms with van der Waals surface area (Å²) in [7, 11) is 0. The first-order chi connectivity index (χ1) is 6.93. The summed E-state index contributed by atoms with van der Waals surface area (Å²) in [5.74, 6) is -2.38. The molecule has 1 aliphatic rings. The highest BCUT2D eigenvalue weighted by molar-refractivity contribution is 5.77. The Labute approximate surface area is 87.8 Å². The maximum Gasteiger partial charge on any atom is 0.321 e. The van der Waals surface area contributed by atoms with E-state index in [2.05, 4.69) is 5.32 Å². The normalized spacial score (nSPS) is 25.3. The lowest BCUT2D eigenvalue weighted by Crippen LogP contribution is -2.36. The van der Waals surface area contributed by atoms with Gasteiger partial charge in [0, 0.05) is 12.5 Å². The standard InChI is InChI=1S/C10H15NO4/c1-5(2)7-4-11-9(10(14)15)6(7)3-8(12)13/h6,9,11H,3-4H2,1-2H3,(H,12,13)(H,14,15)/t6?,9-/m0/s1. The summed E-state index contributed by atoms with van der Waals surface area (Å²) in [6.45, 7) is 4.21. The number of aliphatic carboxylic acids is 2. The molecule has 5 heteroatoms. The Balaban J connectivity index is 2.93. The predicted octanol–water partition coefficient (Wildman–Crippen LogP) is 0.470. The van der Waals surface area contributed by atoms with E-state index in [-0.39, 0.29) is 6.42 Å². The quantitative estimate of drug-likeness (QED) is 0.593. The van der Waals surface area contributed by atoms with E-state index in [0.29, 0.717) is 6.54 Å². The van der Waals surface area contributed by atoms with Crippen LogP contribution in [0.5, 0.6) is 0 Å². The Hall–Kier alpha value is -1.36. The van der Waals surface area contributed by atoms with Gasteiger partial charge in [-0.3, -0.25) is 9.59 Å². The molecule has 5 nitrogen and oxygen atoms in total. The van der Waals surface area contributed by atoms with Crippen LogP contribution in [0.1, 0.15) is 20.3 Å². The van der Waals surface area contributed by atoms with Crippen molar-refractivity contribution in [3.8, 4) is 0 Å². The maximum absolute atomic E-state index is 10.9. The molecule has 1 rings (SSSR count). The van der Waals surface area contributed by atoms with Crippen molar-refractivity contribution < 1.29 is 19.8 Å². The number of hydrogen-bond donors (Lipinski definition) is 3. The van der Waals surface area contributed by atoms with Gasteiger partial charge in [0.05, 0.1) is 6.42 Å². The molecule has 0 aromatic carbocycles. The van der Waals surface area contributed by atoms with Gasteiger partial charge in [0.2, 0.25) is 0 Å². The second-order valence-electron chi connectivity index (χ2n) is 3.93. The number of carboxylic acid groups (broad SMARTS) is 2. The lowest BCUT2D eigenvalue weighted by Gasteiger charge is -2.15. The third kappa shape index (κ3) is 2.56. The van der Waals surface area contributed by atoms with E-state index in [1.807, 2.05) is 13.8 Å². The zero-order valence-electron chi connectivity index (χ0n) is 8.78. The van der Waals surface area contributed by atoms with Crippen LogP contribution in [0.4, 0.5) is 0 Å². The summed E-state index contributed by atoms with van der Waals surface area (Å²) in [4.78, 5) is 21.5. The lowest BCUT2D eigenvalue weighted by molar-refractivity contribution is -0.141. The summed E-state index contributed by atoms with van der Waals surface area (Å²) >= 11 is 0. The first kappa shape index (κ1) is 11.7. The molecule has 0 saturated carbocycles. The van der Waals surface area contributed by atoms with Crippen LogP contribution < -0.4 is 5.32 Å². The largest absolute Gasteiger partial charge is 0.481 e. The van der Waals surface area contributed by atoms with Crippen LogP contribution in [0.3, 0.4) is 0 Å². The van der Waals surface area contributed by atoms with Gasteiger partial charge in [0.1, 0.15) is 6.04 Å². The van der Waals surface area contributed by atoms with Crippen molar-refractivity contribution in [1.29, 1.82) is 0 Å². The van der Waals surface area contributed by atoms with Gasteiger partial charge in [-0.1, -0.05) is 11.1 Å². The summed E-state index contributed by atoms with van der Waals surface area (Å²) < 4.78 is 0. The molecule has 2 atom stereocenters. The summed E-state index contributed by atoms with van der Waals surface area (Å²) in [5, 5.41) is 20.5. The van der Waals surface area contributed by atoms with Crippen LogP contribution in [-0.2, 0) is 9.59 Å². The van der Waals surface area contributed by atoms with Gasteiger partial charge < -0.3 is 15.5 Å². The van der Waals surface area contributed by atoms with Crippen molar-refractivity contribution in [2.75, 3.05) is 6.54 Å². The number of carboxylic acids is 2. The molecule has 1 fully saturated rings. The Morgan fingerprint density at radius 3 is 2.40 bits per heavy atom. The van der Waals surface area contributed by atoms with Crippen LogP contribution in [0, 0.1) is 5.92 Å². The molecule has 84 valence electrons. The minimum atomic E-state index is -0.988. The van der Waals surface area contributed by atoms with Crippen molar-refractivity contribution in [3.05, 3.63) is 11.1 Å². The molecule has 1 unspecified atom stereocenters. The first-order valence-corrected chi connectivity index (χ1v) is 4.77. The molecule has 1 saturated heterocycles. The molecule has 1 heterocycles. The topological polar surface area (TPSA) is 86.6 Å². The minimum Gasteiger partial charge on any atom is -0.481 e. The van der Waals surface area contributed by atoms with Crippen LogP contribution in [0.2, 0.25) is 0 Å². The molecule has 0 aromatic heterocycles. The molecule has 3 N–H and O–H groups in total. The predicted molar refractivity (Wildman–Crippen MR) is 53.5 cm³/mol. The van der Waals surface area contributed by atoms with Gasteiger partial charge in [-0.05, 0) is 13.8 Å². The van der Waals surface area contributed by atoms with E-state index < -0.39 is 23.9 Å². The average molecular weight is 213 g/mol. The Morgan fingerprint density at radius 2 is 2.00 bits per heavy atom. The van der Waals surface area contributed by atoms with Crippen molar-refractivity contribution in [1.82, 2.24) is 5.32 Å². The molecular formula is C10H15NO4. The smallest absolute Gasteiger partial charge is 0.321 e. The first-order valence-electron chi connectivity index (χ1n) is 4.77. The molecule has 0 spiro atoms.